The molecular formula is C15H21FN2O2. The molecule has 0 spiro atoms. The van der Waals surface area contributed by atoms with Crippen molar-refractivity contribution in [3.63, 3.8) is 0 Å². The molecule has 2 N–H and O–H groups in total. The van der Waals surface area contributed by atoms with Crippen molar-refractivity contribution in [1.82, 2.24) is 4.90 Å². The monoisotopic (exact) mass is 280 g/mol. The molecule has 1 heterocycles. The number of rotatable bonds is 4. The first kappa shape index (κ1) is 14.9. The van der Waals surface area contributed by atoms with Crippen LogP contribution in [-0.2, 0) is 22.6 Å². The summed E-state index contributed by atoms with van der Waals surface area (Å²) in [6.07, 6.45) is 2.85. The van der Waals surface area contributed by atoms with E-state index in [4.69, 9.17) is 10.5 Å². The minimum atomic E-state index is -0.274. The molecular weight excluding hydrogens is 259 g/mol. The number of hydrogen-bond donors (Lipinski definition) is 1. The standard InChI is InChI=1S/C15H21FN2O2/c1-20-15(19)14-4-2-3-7-18(14)10-12-8-13(16)6-5-11(12)9-17/h5-6,8,14H,2-4,7,9-10,17H2,1H3. The summed E-state index contributed by atoms with van der Waals surface area (Å²) in [4.78, 5) is 13.9. The Balaban J connectivity index is 2.18. The van der Waals surface area contributed by atoms with Crippen LogP contribution in [-0.4, -0.2) is 30.6 Å². The summed E-state index contributed by atoms with van der Waals surface area (Å²) < 4.78 is 18.3. The van der Waals surface area contributed by atoms with Crippen molar-refractivity contribution in [3.05, 3.63) is 35.1 Å². The van der Waals surface area contributed by atoms with Crippen molar-refractivity contribution in [2.24, 2.45) is 5.73 Å². The first-order chi connectivity index (χ1) is 9.65. The summed E-state index contributed by atoms with van der Waals surface area (Å²) in [6.45, 7) is 1.72. The number of halogens is 1. The van der Waals surface area contributed by atoms with Crippen molar-refractivity contribution in [3.8, 4) is 0 Å². The van der Waals surface area contributed by atoms with Crippen LogP contribution in [0.25, 0.3) is 0 Å². The predicted molar refractivity (Wildman–Crippen MR) is 74.4 cm³/mol. The molecule has 20 heavy (non-hydrogen) atoms. The molecule has 1 fully saturated rings. The molecule has 0 aromatic heterocycles. The lowest BCUT2D eigenvalue weighted by Gasteiger charge is -2.34. The Morgan fingerprint density at radius 3 is 2.95 bits per heavy atom. The van der Waals surface area contributed by atoms with E-state index in [2.05, 4.69) is 4.90 Å². The summed E-state index contributed by atoms with van der Waals surface area (Å²) in [7, 11) is 1.41. The number of benzene rings is 1. The molecule has 1 unspecified atom stereocenters. The maximum absolute atomic E-state index is 13.4. The fourth-order valence-electron chi connectivity index (χ4n) is 2.74. The minimum absolute atomic E-state index is 0.213. The van der Waals surface area contributed by atoms with Crippen LogP contribution < -0.4 is 5.73 Å². The highest BCUT2D eigenvalue weighted by Crippen LogP contribution is 2.22. The highest BCUT2D eigenvalue weighted by atomic mass is 19.1. The van der Waals surface area contributed by atoms with Crippen molar-refractivity contribution in [1.29, 1.82) is 0 Å². The molecule has 1 aromatic rings. The predicted octanol–water partition coefficient (Wildman–Crippen LogP) is 1.81. The topological polar surface area (TPSA) is 55.6 Å². The second-order valence-corrected chi connectivity index (χ2v) is 5.12. The molecule has 1 aromatic carbocycles. The highest BCUT2D eigenvalue weighted by molar-refractivity contribution is 5.75. The third kappa shape index (κ3) is 3.35. The third-order valence-electron chi connectivity index (χ3n) is 3.85. The van der Waals surface area contributed by atoms with E-state index in [1.165, 1.54) is 19.2 Å². The van der Waals surface area contributed by atoms with Crippen LogP contribution in [0, 0.1) is 5.82 Å². The van der Waals surface area contributed by atoms with Gasteiger partial charge in [-0.3, -0.25) is 9.69 Å². The number of methoxy groups -OCH3 is 1. The molecule has 1 atom stereocenters. The van der Waals surface area contributed by atoms with Gasteiger partial charge in [0.05, 0.1) is 7.11 Å². The van der Waals surface area contributed by atoms with Gasteiger partial charge in [-0.25, -0.2) is 4.39 Å². The number of nitrogens with zero attached hydrogens (tertiary/aromatic N) is 1. The number of ether oxygens (including phenoxy) is 1. The van der Waals surface area contributed by atoms with Gasteiger partial charge in [-0.2, -0.15) is 0 Å². The Morgan fingerprint density at radius 2 is 2.25 bits per heavy atom. The molecule has 0 amide bonds. The van der Waals surface area contributed by atoms with Gasteiger partial charge in [-0.05, 0) is 42.6 Å². The molecule has 0 aliphatic carbocycles. The molecule has 110 valence electrons. The molecule has 1 aliphatic heterocycles. The van der Waals surface area contributed by atoms with Gasteiger partial charge in [-0.15, -0.1) is 0 Å². The van der Waals surface area contributed by atoms with Gasteiger partial charge >= 0.3 is 5.97 Å². The second kappa shape index (κ2) is 6.81. The zero-order chi connectivity index (χ0) is 14.5. The maximum Gasteiger partial charge on any atom is 0.323 e. The molecule has 1 aliphatic rings. The fraction of sp³-hybridized carbons (Fsp3) is 0.533. The van der Waals surface area contributed by atoms with E-state index < -0.39 is 0 Å². The van der Waals surface area contributed by atoms with Gasteiger partial charge in [0, 0.05) is 13.1 Å². The number of esters is 1. The average molecular weight is 280 g/mol. The zero-order valence-electron chi connectivity index (χ0n) is 11.8. The molecule has 1 saturated heterocycles. The van der Waals surface area contributed by atoms with Gasteiger partial charge < -0.3 is 10.5 Å². The molecule has 5 heteroatoms. The summed E-state index contributed by atoms with van der Waals surface area (Å²) in [5, 5.41) is 0. The van der Waals surface area contributed by atoms with Crippen LogP contribution in [0.4, 0.5) is 4.39 Å². The van der Waals surface area contributed by atoms with Crippen molar-refractivity contribution >= 4 is 5.97 Å². The molecule has 0 bridgehead atoms. The Morgan fingerprint density at radius 1 is 1.45 bits per heavy atom. The van der Waals surface area contributed by atoms with Crippen LogP contribution in [0.2, 0.25) is 0 Å². The molecule has 0 saturated carbocycles. The molecule has 0 radical (unpaired) electrons. The number of nitrogens with two attached hydrogens (primary N) is 1. The Bertz CT molecular complexity index is 479. The van der Waals surface area contributed by atoms with Crippen LogP contribution in [0.1, 0.15) is 30.4 Å². The van der Waals surface area contributed by atoms with Gasteiger partial charge in [-0.1, -0.05) is 12.5 Å². The Labute approximate surface area is 118 Å². The SMILES string of the molecule is COC(=O)C1CCCCN1Cc1cc(F)ccc1CN. The first-order valence-electron chi connectivity index (χ1n) is 6.95. The summed E-state index contributed by atoms with van der Waals surface area (Å²) in [5.74, 6) is -0.487. The second-order valence-electron chi connectivity index (χ2n) is 5.12. The van der Waals surface area contributed by atoms with E-state index in [-0.39, 0.29) is 17.8 Å². The third-order valence-corrected chi connectivity index (χ3v) is 3.85. The zero-order valence-corrected chi connectivity index (χ0v) is 11.8. The minimum Gasteiger partial charge on any atom is -0.468 e. The van der Waals surface area contributed by atoms with Crippen LogP contribution in [0.5, 0.6) is 0 Å². The number of hydrogen-bond acceptors (Lipinski definition) is 4. The summed E-state index contributed by atoms with van der Waals surface area (Å²) >= 11 is 0. The average Bonchev–Trinajstić information content (AvgIpc) is 2.47. The molecule has 4 nitrogen and oxygen atoms in total. The maximum atomic E-state index is 13.4. The smallest absolute Gasteiger partial charge is 0.323 e. The lowest BCUT2D eigenvalue weighted by molar-refractivity contribution is -0.148. The lowest BCUT2D eigenvalue weighted by Crippen LogP contribution is -2.44. The number of carbonyl (C=O) groups is 1. The van der Waals surface area contributed by atoms with Crippen LogP contribution in [0.3, 0.4) is 0 Å². The van der Waals surface area contributed by atoms with E-state index >= 15 is 0 Å². The van der Waals surface area contributed by atoms with E-state index in [1.54, 1.807) is 6.07 Å². The number of likely N-dealkylation sites (tertiary alicyclic amines) is 1. The molecule has 2 rings (SSSR count). The fourth-order valence-corrected chi connectivity index (χ4v) is 2.74. The van der Waals surface area contributed by atoms with E-state index in [1.807, 2.05) is 0 Å². The van der Waals surface area contributed by atoms with E-state index in [0.717, 1.165) is 36.9 Å². The summed E-state index contributed by atoms with van der Waals surface area (Å²) in [5.41, 5.74) is 7.46. The normalized spacial score (nSPS) is 19.9. The number of piperidine rings is 1. The highest BCUT2D eigenvalue weighted by Gasteiger charge is 2.29. The van der Waals surface area contributed by atoms with Crippen molar-refractivity contribution in [2.45, 2.75) is 38.4 Å². The van der Waals surface area contributed by atoms with Crippen LogP contribution >= 0.6 is 0 Å². The number of carbonyl (C=O) groups excluding carboxylic acids is 1. The van der Waals surface area contributed by atoms with E-state index in [9.17, 15) is 9.18 Å². The van der Waals surface area contributed by atoms with Gasteiger partial charge in [0.25, 0.3) is 0 Å². The van der Waals surface area contributed by atoms with Crippen LogP contribution in [0.15, 0.2) is 18.2 Å². The Kier molecular flexibility index (Phi) is 5.09. The van der Waals surface area contributed by atoms with Gasteiger partial charge in [0.1, 0.15) is 11.9 Å². The van der Waals surface area contributed by atoms with Gasteiger partial charge in [0.15, 0.2) is 0 Å². The summed E-state index contributed by atoms with van der Waals surface area (Å²) in [6, 6.07) is 4.40. The lowest BCUT2D eigenvalue weighted by atomic mass is 9.99. The quantitative estimate of drug-likeness (QED) is 0.855. The Hall–Kier alpha value is -1.46. The van der Waals surface area contributed by atoms with E-state index in [0.29, 0.717) is 13.1 Å². The van der Waals surface area contributed by atoms with Gasteiger partial charge in [0.2, 0.25) is 0 Å². The van der Waals surface area contributed by atoms with Crippen molar-refractivity contribution in [2.75, 3.05) is 13.7 Å². The van der Waals surface area contributed by atoms with Crippen molar-refractivity contribution < 1.29 is 13.9 Å². The first-order valence-corrected chi connectivity index (χ1v) is 6.95. The largest absolute Gasteiger partial charge is 0.468 e.